The highest BCUT2D eigenvalue weighted by atomic mass is 16.2. The molecule has 27 heavy (non-hydrogen) atoms. The molecule has 6 heteroatoms. The molecule has 0 bridgehead atoms. The second kappa shape index (κ2) is 7.56. The van der Waals surface area contributed by atoms with Gasteiger partial charge in [-0.15, -0.1) is 0 Å². The van der Waals surface area contributed by atoms with Crippen LogP contribution >= 0.6 is 0 Å². The van der Waals surface area contributed by atoms with E-state index in [0.717, 1.165) is 25.2 Å². The summed E-state index contributed by atoms with van der Waals surface area (Å²) in [6.07, 6.45) is 5.72. The summed E-state index contributed by atoms with van der Waals surface area (Å²) in [5.74, 6) is -0.0196. The lowest BCUT2D eigenvalue weighted by molar-refractivity contribution is 0.0711. The van der Waals surface area contributed by atoms with Crippen molar-refractivity contribution in [2.45, 2.75) is 31.8 Å². The van der Waals surface area contributed by atoms with E-state index in [-0.39, 0.29) is 5.91 Å². The van der Waals surface area contributed by atoms with E-state index in [1.807, 2.05) is 25.2 Å². The predicted octanol–water partition coefficient (Wildman–Crippen LogP) is 2.97. The number of H-pyrrole nitrogens is 1. The van der Waals surface area contributed by atoms with E-state index in [4.69, 9.17) is 0 Å². The van der Waals surface area contributed by atoms with Crippen LogP contribution in [0, 0.1) is 0 Å². The van der Waals surface area contributed by atoms with Gasteiger partial charge in [-0.25, -0.2) is 0 Å². The summed E-state index contributed by atoms with van der Waals surface area (Å²) in [7, 11) is 4.02. The summed E-state index contributed by atoms with van der Waals surface area (Å²) >= 11 is 0. The van der Waals surface area contributed by atoms with Crippen molar-refractivity contribution in [3.05, 3.63) is 54.0 Å². The Morgan fingerprint density at radius 1 is 1.30 bits per heavy atom. The monoisotopic (exact) mass is 365 g/mol. The number of aromatic nitrogens is 3. The highest BCUT2D eigenvalue weighted by Gasteiger charge is 2.24. The SMILES string of the molecule is CN(CC1CCCCN1C)C(=O)c1cc(Cn2ccc3ccccc32)[nH]n1. The second-order valence-corrected chi connectivity index (χ2v) is 7.60. The Bertz CT molecular complexity index is 927. The molecule has 1 aliphatic rings. The lowest BCUT2D eigenvalue weighted by Crippen LogP contribution is -2.45. The maximum atomic E-state index is 12.8. The second-order valence-electron chi connectivity index (χ2n) is 7.60. The number of hydrogen-bond donors (Lipinski definition) is 1. The number of nitrogens with one attached hydrogen (secondary N) is 1. The van der Waals surface area contributed by atoms with Crippen LogP contribution < -0.4 is 0 Å². The van der Waals surface area contributed by atoms with E-state index >= 15 is 0 Å². The average molecular weight is 365 g/mol. The first-order valence-corrected chi connectivity index (χ1v) is 9.65. The van der Waals surface area contributed by atoms with Crippen molar-refractivity contribution in [3.63, 3.8) is 0 Å². The number of likely N-dealkylation sites (tertiary alicyclic amines) is 1. The summed E-state index contributed by atoms with van der Waals surface area (Å²) < 4.78 is 2.16. The molecule has 142 valence electrons. The van der Waals surface area contributed by atoms with Gasteiger partial charge in [0, 0.05) is 31.3 Å². The Morgan fingerprint density at radius 3 is 3.00 bits per heavy atom. The topological polar surface area (TPSA) is 57.2 Å². The number of piperidine rings is 1. The fourth-order valence-electron chi connectivity index (χ4n) is 3.98. The predicted molar refractivity (Wildman–Crippen MR) is 107 cm³/mol. The van der Waals surface area contributed by atoms with Gasteiger partial charge in [0.05, 0.1) is 12.2 Å². The maximum Gasteiger partial charge on any atom is 0.274 e. The fraction of sp³-hybridized carbons (Fsp3) is 0.429. The zero-order valence-electron chi connectivity index (χ0n) is 16.1. The zero-order chi connectivity index (χ0) is 18.8. The molecule has 6 nitrogen and oxygen atoms in total. The molecule has 1 aromatic carbocycles. The van der Waals surface area contributed by atoms with E-state index in [1.54, 1.807) is 4.90 Å². The van der Waals surface area contributed by atoms with Gasteiger partial charge < -0.3 is 14.4 Å². The smallest absolute Gasteiger partial charge is 0.274 e. The summed E-state index contributed by atoms with van der Waals surface area (Å²) in [4.78, 5) is 16.9. The number of hydrogen-bond acceptors (Lipinski definition) is 3. The van der Waals surface area contributed by atoms with Crippen molar-refractivity contribution >= 4 is 16.8 Å². The van der Waals surface area contributed by atoms with Gasteiger partial charge in [0.15, 0.2) is 0 Å². The Labute approximate surface area is 159 Å². The van der Waals surface area contributed by atoms with Crippen molar-refractivity contribution in [1.82, 2.24) is 24.6 Å². The molecule has 1 amide bonds. The summed E-state index contributed by atoms with van der Waals surface area (Å²) in [6, 6.07) is 12.7. The Hall–Kier alpha value is -2.60. The lowest BCUT2D eigenvalue weighted by atomic mass is 10.0. The average Bonchev–Trinajstić information content (AvgIpc) is 3.31. The number of likely N-dealkylation sites (N-methyl/N-ethyl adjacent to an activating group) is 2. The molecular formula is C21H27N5O. The molecule has 3 aromatic rings. The normalized spacial score (nSPS) is 18.1. The van der Waals surface area contributed by atoms with Gasteiger partial charge in [-0.1, -0.05) is 24.6 Å². The van der Waals surface area contributed by atoms with E-state index in [2.05, 4.69) is 51.1 Å². The molecule has 1 atom stereocenters. The van der Waals surface area contributed by atoms with E-state index in [0.29, 0.717) is 18.3 Å². The van der Waals surface area contributed by atoms with Crippen molar-refractivity contribution in [1.29, 1.82) is 0 Å². The molecule has 4 rings (SSSR count). The van der Waals surface area contributed by atoms with Gasteiger partial charge in [0.1, 0.15) is 5.69 Å². The summed E-state index contributed by atoms with van der Waals surface area (Å²) in [6.45, 7) is 2.53. The highest BCUT2D eigenvalue weighted by molar-refractivity contribution is 5.92. The lowest BCUT2D eigenvalue weighted by Gasteiger charge is -2.34. The minimum Gasteiger partial charge on any atom is -0.341 e. The van der Waals surface area contributed by atoms with Crippen molar-refractivity contribution in [3.8, 4) is 0 Å². The van der Waals surface area contributed by atoms with E-state index < -0.39 is 0 Å². The van der Waals surface area contributed by atoms with E-state index in [9.17, 15) is 4.79 Å². The van der Waals surface area contributed by atoms with Crippen LogP contribution in [0.5, 0.6) is 0 Å². The van der Waals surface area contributed by atoms with Crippen LogP contribution in [0.2, 0.25) is 0 Å². The minimum atomic E-state index is -0.0196. The highest BCUT2D eigenvalue weighted by Crippen LogP contribution is 2.18. The van der Waals surface area contributed by atoms with Gasteiger partial charge in [-0.3, -0.25) is 9.89 Å². The third kappa shape index (κ3) is 3.76. The van der Waals surface area contributed by atoms with Gasteiger partial charge in [-0.2, -0.15) is 5.10 Å². The first-order valence-electron chi connectivity index (χ1n) is 9.65. The molecular weight excluding hydrogens is 338 g/mol. The first kappa shape index (κ1) is 17.8. The van der Waals surface area contributed by atoms with Gasteiger partial charge in [-0.05, 0) is 50.0 Å². The van der Waals surface area contributed by atoms with Crippen LogP contribution in [-0.2, 0) is 6.54 Å². The molecule has 1 saturated heterocycles. The number of carbonyl (C=O) groups is 1. The number of aromatic amines is 1. The summed E-state index contributed by atoms with van der Waals surface area (Å²) in [5.41, 5.74) is 2.60. The summed E-state index contributed by atoms with van der Waals surface area (Å²) in [5, 5.41) is 8.51. The van der Waals surface area contributed by atoms with Crippen LogP contribution in [0.15, 0.2) is 42.6 Å². The maximum absolute atomic E-state index is 12.8. The first-order chi connectivity index (χ1) is 13.1. The van der Waals surface area contributed by atoms with Crippen molar-refractivity contribution in [2.24, 2.45) is 0 Å². The van der Waals surface area contributed by atoms with Crippen molar-refractivity contribution < 1.29 is 4.79 Å². The van der Waals surface area contributed by atoms with Crippen LogP contribution in [0.4, 0.5) is 0 Å². The Morgan fingerprint density at radius 2 is 2.15 bits per heavy atom. The zero-order valence-corrected chi connectivity index (χ0v) is 16.1. The molecule has 1 aliphatic heterocycles. The molecule has 0 aliphatic carbocycles. The number of para-hydroxylation sites is 1. The number of nitrogens with zero attached hydrogens (tertiary/aromatic N) is 4. The molecule has 0 spiro atoms. The molecule has 0 radical (unpaired) electrons. The molecule has 1 fully saturated rings. The molecule has 2 aromatic heterocycles. The molecule has 1 unspecified atom stereocenters. The third-order valence-electron chi connectivity index (χ3n) is 5.62. The standard InChI is InChI=1S/C21H27N5O/c1-24-11-6-5-8-18(24)15-25(2)21(27)19-13-17(22-23-19)14-26-12-10-16-7-3-4-9-20(16)26/h3-4,7,9-10,12-13,18H,5-6,8,11,14-15H2,1-2H3,(H,22,23). The number of carbonyl (C=O) groups excluding carboxylic acids is 1. The largest absolute Gasteiger partial charge is 0.341 e. The minimum absolute atomic E-state index is 0.0196. The number of rotatable bonds is 5. The molecule has 3 heterocycles. The Balaban J connectivity index is 1.43. The number of fused-ring (bicyclic) bond motifs is 1. The van der Waals surface area contributed by atoms with Gasteiger partial charge in [0.25, 0.3) is 5.91 Å². The van der Waals surface area contributed by atoms with Gasteiger partial charge in [0.2, 0.25) is 0 Å². The molecule has 1 N–H and O–H groups in total. The Kier molecular flexibility index (Phi) is 4.99. The third-order valence-corrected chi connectivity index (χ3v) is 5.62. The van der Waals surface area contributed by atoms with Crippen LogP contribution in [0.1, 0.15) is 35.4 Å². The van der Waals surface area contributed by atoms with Crippen LogP contribution in [-0.4, -0.2) is 63.7 Å². The van der Waals surface area contributed by atoms with Crippen molar-refractivity contribution in [2.75, 3.05) is 27.2 Å². The fourth-order valence-corrected chi connectivity index (χ4v) is 3.98. The number of amides is 1. The van der Waals surface area contributed by atoms with Crippen LogP contribution in [0.3, 0.4) is 0 Å². The molecule has 0 saturated carbocycles. The number of benzene rings is 1. The van der Waals surface area contributed by atoms with Gasteiger partial charge >= 0.3 is 0 Å². The van der Waals surface area contributed by atoms with E-state index in [1.165, 1.54) is 23.7 Å². The quantitative estimate of drug-likeness (QED) is 0.756. The van der Waals surface area contributed by atoms with Crippen LogP contribution in [0.25, 0.3) is 10.9 Å².